The summed E-state index contributed by atoms with van der Waals surface area (Å²) in [6, 6.07) is 38.6. The molecule has 0 aromatic heterocycles. The number of rotatable bonds is 0. The Hall–Kier alpha value is -2.80. The summed E-state index contributed by atoms with van der Waals surface area (Å²) in [5, 5.41) is 10.7. The van der Waals surface area contributed by atoms with Crippen LogP contribution in [-0.4, -0.2) is 4.82 Å². The van der Waals surface area contributed by atoms with Crippen LogP contribution < -0.4 is 0 Å². The maximum absolute atomic E-state index is 3.25. The van der Waals surface area contributed by atoms with Gasteiger partial charge in [0.25, 0.3) is 0 Å². The standard InChI is InChI=1S/2C13H9.CH2.Ti/c2*1-2-6-12-10(4-1)8-9-11-5-3-7-13(11)12;;/h2*1-9H;1H2;/q2*-1;;+2. The SMILES string of the molecule is [CH2]=[Ti+2].c1ccc2c(c1)ccc1cc[cH-]c12.c1ccc2c(c1)ccc1cc[cH-]c12. The summed E-state index contributed by atoms with van der Waals surface area (Å²) in [5.41, 5.74) is 0. The van der Waals surface area contributed by atoms with Gasteiger partial charge >= 0.3 is 24.8 Å². The molecule has 0 radical (unpaired) electrons. The van der Waals surface area contributed by atoms with E-state index in [1.807, 2.05) is 0 Å². The molecule has 0 heterocycles. The van der Waals surface area contributed by atoms with Gasteiger partial charge < -0.3 is 0 Å². The summed E-state index contributed by atoms with van der Waals surface area (Å²) in [6.45, 7) is 0. The first kappa shape index (κ1) is 18.6. The van der Waals surface area contributed by atoms with Crippen LogP contribution in [0.5, 0.6) is 0 Å². The van der Waals surface area contributed by atoms with Gasteiger partial charge in [0.15, 0.2) is 0 Å². The minimum atomic E-state index is 1.32. The van der Waals surface area contributed by atoms with Gasteiger partial charge in [0.05, 0.1) is 0 Å². The molecule has 0 aliphatic carbocycles. The molecule has 0 unspecified atom stereocenters. The summed E-state index contributed by atoms with van der Waals surface area (Å²) in [4.78, 5) is 3.25. The Morgan fingerprint density at radius 2 is 0.857 bits per heavy atom. The van der Waals surface area contributed by atoms with Crippen LogP contribution in [0.25, 0.3) is 43.1 Å². The van der Waals surface area contributed by atoms with Crippen LogP contribution in [0.3, 0.4) is 0 Å². The third-order valence-electron chi connectivity index (χ3n) is 5.09. The predicted molar refractivity (Wildman–Crippen MR) is 121 cm³/mol. The summed E-state index contributed by atoms with van der Waals surface area (Å²) < 4.78 is 0. The second kappa shape index (κ2) is 8.48. The smallest absolute Gasteiger partial charge is 0.0606 e. The van der Waals surface area contributed by atoms with Crippen molar-refractivity contribution >= 4 is 47.9 Å². The molecule has 0 aliphatic heterocycles. The van der Waals surface area contributed by atoms with E-state index in [0.29, 0.717) is 0 Å². The molecule has 0 nitrogen and oxygen atoms in total. The first-order valence-electron chi connectivity index (χ1n) is 9.32. The third kappa shape index (κ3) is 3.50. The van der Waals surface area contributed by atoms with Crippen molar-refractivity contribution in [1.29, 1.82) is 0 Å². The largest absolute Gasteiger partial charge is 0.168 e. The topological polar surface area (TPSA) is 0 Å². The average Bonchev–Trinajstić information content (AvgIpc) is 3.45. The zero-order valence-corrected chi connectivity index (χ0v) is 17.2. The fraction of sp³-hybridized carbons (Fsp3) is 0. The van der Waals surface area contributed by atoms with Gasteiger partial charge in [-0.25, -0.2) is 0 Å². The monoisotopic (exact) mass is 392 g/mol. The Labute approximate surface area is 176 Å². The minimum absolute atomic E-state index is 1.32. The van der Waals surface area contributed by atoms with Crippen LogP contribution in [-0.2, 0) is 20.0 Å². The molecule has 0 saturated carbocycles. The van der Waals surface area contributed by atoms with Crippen LogP contribution in [0.1, 0.15) is 0 Å². The molecule has 1 heteroatoms. The predicted octanol–water partition coefficient (Wildman–Crippen LogP) is 7.39. The van der Waals surface area contributed by atoms with Gasteiger partial charge in [-0.05, 0) is 0 Å². The Kier molecular flexibility index (Phi) is 5.62. The van der Waals surface area contributed by atoms with E-state index in [2.05, 4.69) is 114 Å². The second-order valence-corrected chi connectivity index (χ2v) is 6.63. The molecule has 0 spiro atoms. The maximum atomic E-state index is 3.25. The Morgan fingerprint density at radius 1 is 0.464 bits per heavy atom. The molecular formula is C27H20Ti. The van der Waals surface area contributed by atoms with Gasteiger partial charge in [-0.2, -0.15) is 24.3 Å². The summed E-state index contributed by atoms with van der Waals surface area (Å²) >= 11 is 1.75. The van der Waals surface area contributed by atoms with Gasteiger partial charge in [0, 0.05) is 0 Å². The molecule has 6 rings (SSSR count). The molecular weight excluding hydrogens is 372 g/mol. The van der Waals surface area contributed by atoms with Crippen molar-refractivity contribution in [3.05, 3.63) is 109 Å². The van der Waals surface area contributed by atoms with E-state index in [-0.39, 0.29) is 0 Å². The molecule has 6 aromatic carbocycles. The van der Waals surface area contributed by atoms with Crippen molar-refractivity contribution < 1.29 is 20.0 Å². The van der Waals surface area contributed by atoms with Gasteiger partial charge in [-0.1, -0.05) is 82.2 Å². The van der Waals surface area contributed by atoms with E-state index < -0.39 is 0 Å². The molecule has 6 aromatic rings. The molecule has 0 aliphatic rings. The Balaban J connectivity index is 0.000000126. The van der Waals surface area contributed by atoms with Crippen LogP contribution >= 0.6 is 0 Å². The van der Waals surface area contributed by atoms with Crippen molar-refractivity contribution in [1.82, 2.24) is 0 Å². The van der Waals surface area contributed by atoms with Crippen molar-refractivity contribution in [2.45, 2.75) is 0 Å². The molecule has 0 amide bonds. The Morgan fingerprint density at radius 3 is 1.32 bits per heavy atom. The minimum Gasteiger partial charge on any atom is -0.168 e. The van der Waals surface area contributed by atoms with Crippen molar-refractivity contribution in [3.8, 4) is 0 Å². The number of hydrogen-bond acceptors (Lipinski definition) is 0. The van der Waals surface area contributed by atoms with Crippen LogP contribution in [0.4, 0.5) is 0 Å². The number of fused-ring (bicyclic) bond motifs is 6. The van der Waals surface area contributed by atoms with Gasteiger partial charge in [0.1, 0.15) is 0 Å². The van der Waals surface area contributed by atoms with E-state index in [9.17, 15) is 0 Å². The normalized spacial score (nSPS) is 10.5. The van der Waals surface area contributed by atoms with E-state index in [0.717, 1.165) is 0 Å². The van der Waals surface area contributed by atoms with Crippen molar-refractivity contribution in [2.75, 3.05) is 0 Å². The Bertz CT molecular complexity index is 1240. The van der Waals surface area contributed by atoms with Crippen molar-refractivity contribution in [2.24, 2.45) is 0 Å². The van der Waals surface area contributed by atoms with E-state index in [1.54, 1.807) is 20.0 Å². The van der Waals surface area contributed by atoms with Gasteiger partial charge in [0.2, 0.25) is 0 Å². The summed E-state index contributed by atoms with van der Waals surface area (Å²) in [7, 11) is 0. The summed E-state index contributed by atoms with van der Waals surface area (Å²) in [6.07, 6.45) is 0. The average molecular weight is 392 g/mol. The van der Waals surface area contributed by atoms with Crippen molar-refractivity contribution in [3.63, 3.8) is 0 Å². The number of hydrogen-bond donors (Lipinski definition) is 0. The van der Waals surface area contributed by atoms with E-state index in [1.165, 1.54) is 43.1 Å². The molecule has 0 N–H and O–H groups in total. The maximum Gasteiger partial charge on any atom is -0.0606 e. The first-order chi connectivity index (χ1) is 13.9. The van der Waals surface area contributed by atoms with E-state index >= 15 is 0 Å². The zero-order valence-electron chi connectivity index (χ0n) is 15.6. The van der Waals surface area contributed by atoms with Gasteiger partial charge in [-0.3, -0.25) is 0 Å². The fourth-order valence-electron chi connectivity index (χ4n) is 3.78. The quantitative estimate of drug-likeness (QED) is 0.187. The summed E-state index contributed by atoms with van der Waals surface area (Å²) in [5.74, 6) is 0. The third-order valence-corrected chi connectivity index (χ3v) is 5.09. The fourth-order valence-corrected chi connectivity index (χ4v) is 3.78. The van der Waals surface area contributed by atoms with Crippen LogP contribution in [0.15, 0.2) is 109 Å². The van der Waals surface area contributed by atoms with Gasteiger partial charge in [-0.15, -0.1) is 45.8 Å². The van der Waals surface area contributed by atoms with Crippen LogP contribution in [0.2, 0.25) is 0 Å². The number of benzene rings is 4. The van der Waals surface area contributed by atoms with E-state index in [4.69, 9.17) is 0 Å². The van der Waals surface area contributed by atoms with Crippen LogP contribution in [0, 0.1) is 0 Å². The second-order valence-electron chi connectivity index (χ2n) is 6.63. The zero-order chi connectivity index (χ0) is 19.3. The molecule has 0 atom stereocenters. The first-order valence-corrected chi connectivity index (χ1v) is 10.4. The molecule has 0 bridgehead atoms. The molecule has 132 valence electrons. The molecule has 0 fully saturated rings. The molecule has 28 heavy (non-hydrogen) atoms. The molecule has 0 saturated heterocycles.